The SMILES string of the molecule is O=[N+]([O-])c1ccc(S(=O)(=O)N2CCCCC(c3ccc(F)cc3)C2)cc1. The summed E-state index contributed by atoms with van der Waals surface area (Å²) in [4.78, 5) is 10.2. The summed E-state index contributed by atoms with van der Waals surface area (Å²) >= 11 is 0. The number of nitro benzene ring substituents is 1. The maximum Gasteiger partial charge on any atom is 0.269 e. The van der Waals surface area contributed by atoms with Gasteiger partial charge in [-0.1, -0.05) is 18.6 Å². The number of hydrogen-bond donors (Lipinski definition) is 0. The number of halogens is 1. The lowest BCUT2D eigenvalue weighted by atomic mass is 9.95. The second kappa shape index (κ2) is 7.51. The summed E-state index contributed by atoms with van der Waals surface area (Å²) < 4.78 is 40.5. The van der Waals surface area contributed by atoms with Crippen molar-refractivity contribution in [2.24, 2.45) is 0 Å². The molecule has 1 aliphatic heterocycles. The normalized spacial score (nSPS) is 19.0. The van der Waals surface area contributed by atoms with Gasteiger partial charge in [0.15, 0.2) is 0 Å². The number of sulfonamides is 1. The first-order valence-electron chi connectivity index (χ1n) is 8.38. The Kier molecular flexibility index (Phi) is 5.33. The Labute approximate surface area is 151 Å². The van der Waals surface area contributed by atoms with Gasteiger partial charge in [-0.2, -0.15) is 4.31 Å². The monoisotopic (exact) mass is 378 g/mol. The molecule has 2 aromatic carbocycles. The summed E-state index contributed by atoms with van der Waals surface area (Å²) in [6, 6.07) is 11.1. The Balaban J connectivity index is 1.85. The molecule has 0 amide bonds. The number of hydrogen-bond acceptors (Lipinski definition) is 4. The molecule has 0 radical (unpaired) electrons. The Bertz CT molecular complexity index is 882. The van der Waals surface area contributed by atoms with Crippen LogP contribution in [-0.2, 0) is 10.0 Å². The smallest absolute Gasteiger partial charge is 0.258 e. The van der Waals surface area contributed by atoms with Gasteiger partial charge >= 0.3 is 0 Å². The van der Waals surface area contributed by atoms with E-state index in [0.717, 1.165) is 24.8 Å². The molecule has 0 saturated carbocycles. The number of benzene rings is 2. The predicted octanol–water partition coefficient (Wildman–Crippen LogP) is 3.69. The lowest BCUT2D eigenvalue weighted by Gasteiger charge is -2.24. The molecule has 0 spiro atoms. The van der Waals surface area contributed by atoms with Gasteiger partial charge in [-0.25, -0.2) is 12.8 Å². The fourth-order valence-corrected chi connectivity index (χ4v) is 4.75. The van der Waals surface area contributed by atoms with Crippen molar-refractivity contribution in [1.82, 2.24) is 4.31 Å². The zero-order valence-corrected chi connectivity index (χ0v) is 14.9. The molecule has 0 aromatic heterocycles. The number of nitro groups is 1. The third-order valence-electron chi connectivity index (χ3n) is 4.66. The molecule has 0 bridgehead atoms. The first kappa shape index (κ1) is 18.5. The lowest BCUT2D eigenvalue weighted by molar-refractivity contribution is -0.384. The Morgan fingerprint density at radius 3 is 2.31 bits per heavy atom. The van der Waals surface area contributed by atoms with E-state index in [4.69, 9.17) is 0 Å². The number of non-ortho nitro benzene ring substituents is 1. The van der Waals surface area contributed by atoms with Crippen LogP contribution in [0.25, 0.3) is 0 Å². The van der Waals surface area contributed by atoms with Crippen molar-refractivity contribution in [3.05, 3.63) is 70.0 Å². The van der Waals surface area contributed by atoms with Crippen molar-refractivity contribution in [2.75, 3.05) is 13.1 Å². The van der Waals surface area contributed by atoms with E-state index in [2.05, 4.69) is 0 Å². The van der Waals surface area contributed by atoms with Crippen molar-refractivity contribution < 1.29 is 17.7 Å². The van der Waals surface area contributed by atoms with Crippen LogP contribution in [0.15, 0.2) is 53.4 Å². The highest BCUT2D eigenvalue weighted by Crippen LogP contribution is 2.30. The molecule has 3 rings (SSSR count). The molecule has 1 aliphatic rings. The van der Waals surface area contributed by atoms with Gasteiger partial charge in [0.1, 0.15) is 5.82 Å². The summed E-state index contributed by atoms with van der Waals surface area (Å²) in [5, 5.41) is 10.8. The van der Waals surface area contributed by atoms with E-state index in [0.29, 0.717) is 13.1 Å². The second-order valence-corrected chi connectivity index (χ2v) is 8.30. The molecule has 8 heteroatoms. The first-order chi connectivity index (χ1) is 12.4. The van der Waals surface area contributed by atoms with Crippen LogP contribution in [0, 0.1) is 15.9 Å². The Hall–Kier alpha value is -2.32. The molecule has 138 valence electrons. The van der Waals surface area contributed by atoms with Crippen molar-refractivity contribution in [3.8, 4) is 0 Å². The van der Waals surface area contributed by atoms with Crippen molar-refractivity contribution >= 4 is 15.7 Å². The highest BCUT2D eigenvalue weighted by molar-refractivity contribution is 7.89. The third kappa shape index (κ3) is 3.91. The van der Waals surface area contributed by atoms with E-state index in [1.54, 1.807) is 12.1 Å². The molecule has 0 aliphatic carbocycles. The topological polar surface area (TPSA) is 80.5 Å². The van der Waals surface area contributed by atoms with E-state index in [9.17, 15) is 22.9 Å². The van der Waals surface area contributed by atoms with E-state index < -0.39 is 14.9 Å². The minimum atomic E-state index is -3.74. The van der Waals surface area contributed by atoms with Crippen LogP contribution in [0.4, 0.5) is 10.1 Å². The highest BCUT2D eigenvalue weighted by atomic mass is 32.2. The summed E-state index contributed by atoms with van der Waals surface area (Å²) in [7, 11) is -3.74. The molecule has 1 heterocycles. The van der Waals surface area contributed by atoms with Crippen LogP contribution in [-0.4, -0.2) is 30.7 Å². The fraction of sp³-hybridized carbons (Fsp3) is 0.333. The summed E-state index contributed by atoms with van der Waals surface area (Å²) in [5.41, 5.74) is 0.765. The van der Waals surface area contributed by atoms with Gasteiger partial charge in [0.25, 0.3) is 5.69 Å². The van der Waals surface area contributed by atoms with Crippen LogP contribution in [0.1, 0.15) is 30.7 Å². The standard InChI is InChI=1S/C18H19FN2O4S/c19-16-6-4-14(5-7-16)15-3-1-2-12-20(13-15)26(24,25)18-10-8-17(9-11-18)21(22)23/h4-11,15H,1-3,12-13H2. The van der Waals surface area contributed by atoms with Gasteiger partial charge in [0, 0.05) is 25.2 Å². The van der Waals surface area contributed by atoms with Crippen molar-refractivity contribution in [2.45, 2.75) is 30.1 Å². The molecule has 0 N–H and O–H groups in total. The molecular formula is C18H19FN2O4S. The average Bonchev–Trinajstić information content (AvgIpc) is 2.89. The van der Waals surface area contributed by atoms with Gasteiger partial charge in [0.2, 0.25) is 10.0 Å². The molecular weight excluding hydrogens is 359 g/mol. The lowest BCUT2D eigenvalue weighted by Crippen LogP contribution is -2.34. The number of rotatable bonds is 4. The summed E-state index contributed by atoms with van der Waals surface area (Å²) in [6.07, 6.45) is 2.45. The van der Waals surface area contributed by atoms with Crippen molar-refractivity contribution in [1.29, 1.82) is 0 Å². The molecule has 6 nitrogen and oxygen atoms in total. The predicted molar refractivity (Wildman–Crippen MR) is 94.8 cm³/mol. The van der Waals surface area contributed by atoms with E-state index >= 15 is 0 Å². The third-order valence-corrected chi connectivity index (χ3v) is 6.54. The fourth-order valence-electron chi connectivity index (χ4n) is 3.22. The molecule has 2 aromatic rings. The largest absolute Gasteiger partial charge is 0.269 e. The average molecular weight is 378 g/mol. The van der Waals surface area contributed by atoms with Gasteiger partial charge < -0.3 is 0 Å². The minimum Gasteiger partial charge on any atom is -0.258 e. The molecule has 1 atom stereocenters. The van der Waals surface area contributed by atoms with E-state index in [1.165, 1.54) is 40.7 Å². The zero-order valence-electron chi connectivity index (χ0n) is 14.0. The molecule has 26 heavy (non-hydrogen) atoms. The summed E-state index contributed by atoms with van der Waals surface area (Å²) in [6.45, 7) is 0.710. The van der Waals surface area contributed by atoms with Crippen LogP contribution >= 0.6 is 0 Å². The van der Waals surface area contributed by atoms with Gasteiger partial charge in [-0.15, -0.1) is 0 Å². The maximum absolute atomic E-state index is 13.2. The van der Waals surface area contributed by atoms with Crippen LogP contribution in [0.2, 0.25) is 0 Å². The minimum absolute atomic E-state index is 0.00840. The van der Waals surface area contributed by atoms with Crippen molar-refractivity contribution in [3.63, 3.8) is 0 Å². The van der Waals surface area contributed by atoms with E-state index in [-0.39, 0.29) is 22.3 Å². The second-order valence-electron chi connectivity index (χ2n) is 6.36. The quantitative estimate of drug-likeness (QED) is 0.600. The van der Waals surface area contributed by atoms with Gasteiger partial charge in [0.05, 0.1) is 9.82 Å². The molecule has 1 saturated heterocycles. The number of nitrogens with zero attached hydrogens (tertiary/aromatic N) is 2. The van der Waals surface area contributed by atoms with Crippen LogP contribution < -0.4 is 0 Å². The van der Waals surface area contributed by atoms with Gasteiger partial charge in [-0.3, -0.25) is 10.1 Å². The Morgan fingerprint density at radius 2 is 1.69 bits per heavy atom. The molecule has 1 fully saturated rings. The zero-order chi connectivity index (χ0) is 18.7. The van der Waals surface area contributed by atoms with Crippen LogP contribution in [0.3, 0.4) is 0 Å². The maximum atomic E-state index is 13.2. The van der Waals surface area contributed by atoms with E-state index in [1.807, 2.05) is 0 Å². The van der Waals surface area contributed by atoms with Gasteiger partial charge in [-0.05, 0) is 48.6 Å². The highest BCUT2D eigenvalue weighted by Gasteiger charge is 2.29. The summed E-state index contributed by atoms with van der Waals surface area (Å²) in [5.74, 6) is -0.330. The first-order valence-corrected chi connectivity index (χ1v) is 9.82. The van der Waals surface area contributed by atoms with Crippen LogP contribution in [0.5, 0.6) is 0 Å². The Morgan fingerprint density at radius 1 is 1.04 bits per heavy atom. The molecule has 1 unspecified atom stereocenters.